The normalized spacial score (nSPS) is 10.9. The highest BCUT2D eigenvalue weighted by atomic mass is 16.5. The Balaban J connectivity index is 2.03. The van der Waals surface area contributed by atoms with Crippen LogP contribution in [0, 0.1) is 5.92 Å². The summed E-state index contributed by atoms with van der Waals surface area (Å²) < 4.78 is 7.43. The van der Waals surface area contributed by atoms with Crippen molar-refractivity contribution in [1.29, 1.82) is 0 Å². The Morgan fingerprint density at radius 1 is 1.32 bits per heavy atom. The second-order valence-electron chi connectivity index (χ2n) is 4.99. The molecule has 0 radical (unpaired) electrons. The Morgan fingerprint density at radius 3 is 2.74 bits per heavy atom. The van der Waals surface area contributed by atoms with E-state index in [9.17, 15) is 0 Å². The fourth-order valence-corrected chi connectivity index (χ4v) is 1.81. The zero-order valence-corrected chi connectivity index (χ0v) is 11.6. The number of aromatic nitrogens is 3. The van der Waals surface area contributed by atoms with E-state index in [-0.39, 0.29) is 0 Å². The summed E-state index contributed by atoms with van der Waals surface area (Å²) in [5.41, 5.74) is 6.46. The molecule has 0 aliphatic rings. The molecule has 0 saturated carbocycles. The molecule has 0 fully saturated rings. The minimum absolute atomic E-state index is 0.371. The number of nitrogens with two attached hydrogens (primary N) is 1. The average molecular weight is 260 g/mol. The summed E-state index contributed by atoms with van der Waals surface area (Å²) in [6.07, 6.45) is 0.876. The SMILES string of the molecule is CC(C)Cc1nc(COc2ccccc2N)n(C)n1. The van der Waals surface area contributed by atoms with Gasteiger partial charge in [0, 0.05) is 13.5 Å². The van der Waals surface area contributed by atoms with Crippen LogP contribution < -0.4 is 10.5 Å². The van der Waals surface area contributed by atoms with Crippen molar-refractivity contribution in [3.8, 4) is 5.75 Å². The van der Waals surface area contributed by atoms with E-state index in [2.05, 4.69) is 23.9 Å². The molecule has 0 spiro atoms. The van der Waals surface area contributed by atoms with E-state index in [1.54, 1.807) is 4.68 Å². The Bertz CT molecular complexity index is 548. The van der Waals surface area contributed by atoms with Gasteiger partial charge in [0.2, 0.25) is 0 Å². The molecular weight excluding hydrogens is 240 g/mol. The van der Waals surface area contributed by atoms with Gasteiger partial charge in [-0.2, -0.15) is 5.10 Å². The molecule has 0 unspecified atom stereocenters. The second kappa shape index (κ2) is 5.73. The molecule has 0 atom stereocenters. The van der Waals surface area contributed by atoms with E-state index in [0.29, 0.717) is 24.0 Å². The van der Waals surface area contributed by atoms with Gasteiger partial charge in [0.05, 0.1) is 5.69 Å². The van der Waals surface area contributed by atoms with Crippen molar-refractivity contribution in [3.63, 3.8) is 0 Å². The number of nitrogen functional groups attached to an aromatic ring is 1. The number of ether oxygens (including phenoxy) is 1. The first-order valence-electron chi connectivity index (χ1n) is 6.42. The van der Waals surface area contributed by atoms with Gasteiger partial charge in [-0.15, -0.1) is 0 Å². The molecule has 2 rings (SSSR count). The number of nitrogens with zero attached hydrogens (tertiary/aromatic N) is 3. The van der Waals surface area contributed by atoms with E-state index in [4.69, 9.17) is 10.5 Å². The molecule has 5 heteroatoms. The minimum atomic E-state index is 0.371. The first kappa shape index (κ1) is 13.4. The summed E-state index contributed by atoms with van der Waals surface area (Å²) in [5, 5.41) is 4.38. The van der Waals surface area contributed by atoms with Gasteiger partial charge in [0.25, 0.3) is 0 Å². The number of benzene rings is 1. The van der Waals surface area contributed by atoms with Crippen LogP contribution >= 0.6 is 0 Å². The van der Waals surface area contributed by atoms with Crippen molar-refractivity contribution in [1.82, 2.24) is 14.8 Å². The van der Waals surface area contributed by atoms with E-state index >= 15 is 0 Å². The van der Waals surface area contributed by atoms with Gasteiger partial charge in [-0.05, 0) is 18.1 Å². The number of hydrogen-bond acceptors (Lipinski definition) is 4. The van der Waals surface area contributed by atoms with Gasteiger partial charge in [0.1, 0.15) is 12.4 Å². The zero-order chi connectivity index (χ0) is 13.8. The predicted octanol–water partition coefficient (Wildman–Crippen LogP) is 2.17. The van der Waals surface area contributed by atoms with Crippen LogP contribution in [0.3, 0.4) is 0 Å². The van der Waals surface area contributed by atoms with Crippen LogP contribution in [0.15, 0.2) is 24.3 Å². The molecule has 1 aromatic heterocycles. The maximum atomic E-state index is 5.83. The molecule has 0 amide bonds. The molecule has 1 heterocycles. The molecular formula is C14H20N4O. The highest BCUT2D eigenvalue weighted by Crippen LogP contribution is 2.20. The van der Waals surface area contributed by atoms with Crippen LogP contribution in [0.1, 0.15) is 25.5 Å². The fraction of sp³-hybridized carbons (Fsp3) is 0.429. The molecule has 19 heavy (non-hydrogen) atoms. The van der Waals surface area contributed by atoms with Crippen LogP contribution in [-0.4, -0.2) is 14.8 Å². The van der Waals surface area contributed by atoms with E-state index in [1.165, 1.54) is 0 Å². The summed E-state index contributed by atoms with van der Waals surface area (Å²) >= 11 is 0. The Morgan fingerprint density at radius 2 is 2.05 bits per heavy atom. The van der Waals surface area contributed by atoms with Crippen LogP contribution in [0.25, 0.3) is 0 Å². The van der Waals surface area contributed by atoms with Crippen molar-refractivity contribution in [2.24, 2.45) is 13.0 Å². The average Bonchev–Trinajstić information content (AvgIpc) is 2.67. The molecule has 102 valence electrons. The summed E-state index contributed by atoms with van der Waals surface area (Å²) in [7, 11) is 1.88. The van der Waals surface area contributed by atoms with Crippen LogP contribution in [0.5, 0.6) is 5.75 Å². The van der Waals surface area contributed by atoms with E-state index < -0.39 is 0 Å². The largest absolute Gasteiger partial charge is 0.483 e. The Hall–Kier alpha value is -2.04. The van der Waals surface area contributed by atoms with Crippen molar-refractivity contribution in [2.75, 3.05) is 5.73 Å². The van der Waals surface area contributed by atoms with E-state index in [1.807, 2.05) is 31.3 Å². The number of anilines is 1. The lowest BCUT2D eigenvalue weighted by Gasteiger charge is -2.07. The molecule has 5 nitrogen and oxygen atoms in total. The third kappa shape index (κ3) is 3.47. The quantitative estimate of drug-likeness (QED) is 0.837. The third-order valence-corrected chi connectivity index (χ3v) is 2.76. The van der Waals surface area contributed by atoms with Gasteiger partial charge in [-0.25, -0.2) is 9.67 Å². The maximum absolute atomic E-state index is 5.83. The number of para-hydroxylation sites is 2. The van der Waals surface area contributed by atoms with Gasteiger partial charge in [0.15, 0.2) is 11.6 Å². The minimum Gasteiger partial charge on any atom is -0.483 e. The number of hydrogen-bond donors (Lipinski definition) is 1. The van der Waals surface area contributed by atoms with Gasteiger partial charge < -0.3 is 10.5 Å². The van der Waals surface area contributed by atoms with Crippen molar-refractivity contribution < 1.29 is 4.74 Å². The molecule has 2 aromatic rings. The molecule has 1 aromatic carbocycles. The summed E-state index contributed by atoms with van der Waals surface area (Å²) in [5.74, 6) is 2.88. The summed E-state index contributed by atoms with van der Waals surface area (Å²) in [6.45, 7) is 4.67. The van der Waals surface area contributed by atoms with Gasteiger partial charge in [-0.1, -0.05) is 26.0 Å². The van der Waals surface area contributed by atoms with Crippen molar-refractivity contribution in [2.45, 2.75) is 26.9 Å². The molecule has 2 N–H and O–H groups in total. The highest BCUT2D eigenvalue weighted by Gasteiger charge is 2.10. The number of aryl methyl sites for hydroxylation is 1. The van der Waals surface area contributed by atoms with Gasteiger partial charge in [-0.3, -0.25) is 0 Å². The van der Waals surface area contributed by atoms with Crippen LogP contribution in [0.2, 0.25) is 0 Å². The summed E-state index contributed by atoms with van der Waals surface area (Å²) in [4.78, 5) is 4.48. The smallest absolute Gasteiger partial charge is 0.164 e. The lowest BCUT2D eigenvalue weighted by molar-refractivity contribution is 0.291. The van der Waals surface area contributed by atoms with Crippen molar-refractivity contribution >= 4 is 5.69 Å². The Labute approximate surface area is 113 Å². The number of rotatable bonds is 5. The molecule has 0 aliphatic carbocycles. The Kier molecular flexibility index (Phi) is 4.04. The highest BCUT2D eigenvalue weighted by molar-refractivity contribution is 5.51. The first-order chi connectivity index (χ1) is 9.06. The monoisotopic (exact) mass is 260 g/mol. The van der Waals surface area contributed by atoms with Gasteiger partial charge >= 0.3 is 0 Å². The van der Waals surface area contributed by atoms with E-state index in [0.717, 1.165) is 18.1 Å². The fourth-order valence-electron chi connectivity index (χ4n) is 1.81. The van der Waals surface area contributed by atoms with Crippen LogP contribution in [0.4, 0.5) is 5.69 Å². The zero-order valence-electron chi connectivity index (χ0n) is 11.6. The first-order valence-corrected chi connectivity index (χ1v) is 6.42. The lowest BCUT2D eigenvalue weighted by atomic mass is 10.1. The predicted molar refractivity (Wildman–Crippen MR) is 74.7 cm³/mol. The topological polar surface area (TPSA) is 66.0 Å². The maximum Gasteiger partial charge on any atom is 0.164 e. The lowest BCUT2D eigenvalue weighted by Crippen LogP contribution is -2.05. The molecule has 0 bridgehead atoms. The molecule has 0 aliphatic heterocycles. The van der Waals surface area contributed by atoms with Crippen LogP contribution in [-0.2, 0) is 20.1 Å². The standard InChI is InChI=1S/C14H20N4O/c1-10(2)8-13-16-14(18(3)17-13)9-19-12-7-5-4-6-11(12)15/h4-7,10H,8-9,15H2,1-3H3. The molecule has 0 saturated heterocycles. The third-order valence-electron chi connectivity index (χ3n) is 2.76. The summed E-state index contributed by atoms with van der Waals surface area (Å²) in [6, 6.07) is 7.44. The van der Waals surface area contributed by atoms with Crippen molar-refractivity contribution in [3.05, 3.63) is 35.9 Å². The second-order valence-corrected chi connectivity index (χ2v) is 4.99.